The van der Waals surface area contributed by atoms with E-state index in [9.17, 15) is 23.1 Å². The van der Waals surface area contributed by atoms with Crippen LogP contribution in [0.1, 0.15) is 30.9 Å². The maximum atomic E-state index is 12.4. The highest BCUT2D eigenvalue weighted by Gasteiger charge is 2.20. The average molecular weight is 421 g/mol. The van der Waals surface area contributed by atoms with E-state index in [2.05, 4.69) is 5.32 Å². The molecule has 0 heterocycles. The predicted molar refractivity (Wildman–Crippen MR) is 107 cm³/mol. The molecule has 156 valence electrons. The molecule has 0 aliphatic carbocycles. The lowest BCUT2D eigenvalue weighted by Crippen LogP contribution is -2.21. The summed E-state index contributed by atoms with van der Waals surface area (Å²) in [6.45, 7) is 5.29. The normalized spacial score (nSPS) is 11.1. The summed E-state index contributed by atoms with van der Waals surface area (Å²) in [4.78, 5) is 21.8. The van der Waals surface area contributed by atoms with E-state index in [1.54, 1.807) is 26.0 Å². The Morgan fingerprint density at radius 3 is 2.28 bits per heavy atom. The van der Waals surface area contributed by atoms with Gasteiger partial charge in [0.05, 0.1) is 5.75 Å². The SMILES string of the molecule is CCCCS(=O)(=O)c1cc(Oc2c(C)cc(NC(=O)C(=O)O)cc2C)ccc1O. The van der Waals surface area contributed by atoms with Gasteiger partial charge < -0.3 is 20.3 Å². The van der Waals surface area contributed by atoms with Crippen molar-refractivity contribution < 1.29 is 33.0 Å². The maximum absolute atomic E-state index is 12.4. The molecule has 0 radical (unpaired) electrons. The Balaban J connectivity index is 2.34. The molecule has 0 fully saturated rings. The van der Waals surface area contributed by atoms with E-state index in [4.69, 9.17) is 9.84 Å². The van der Waals surface area contributed by atoms with Gasteiger partial charge in [0.1, 0.15) is 22.1 Å². The Hall–Kier alpha value is -3.07. The van der Waals surface area contributed by atoms with E-state index in [0.29, 0.717) is 35.4 Å². The van der Waals surface area contributed by atoms with E-state index in [0.717, 1.165) is 0 Å². The highest BCUT2D eigenvalue weighted by Crippen LogP contribution is 2.35. The smallest absolute Gasteiger partial charge is 0.394 e. The van der Waals surface area contributed by atoms with Crippen molar-refractivity contribution in [1.82, 2.24) is 0 Å². The molecule has 0 spiro atoms. The molecule has 2 aromatic carbocycles. The fourth-order valence-electron chi connectivity index (χ4n) is 2.74. The number of benzene rings is 2. The molecule has 2 aromatic rings. The Morgan fingerprint density at radius 1 is 1.10 bits per heavy atom. The minimum absolute atomic E-state index is 0.0729. The van der Waals surface area contributed by atoms with Gasteiger partial charge in [-0.2, -0.15) is 0 Å². The molecule has 8 nitrogen and oxygen atoms in total. The standard InChI is InChI=1S/C20H23NO7S/c1-4-5-8-29(26,27)17-11-15(6-7-16(17)22)28-18-12(2)9-14(10-13(18)3)21-19(23)20(24)25/h6-7,9-11,22H,4-5,8H2,1-3H3,(H,21,23)(H,24,25). The first-order chi connectivity index (χ1) is 13.5. The zero-order chi connectivity index (χ0) is 21.8. The molecule has 0 bridgehead atoms. The number of aromatic hydroxyl groups is 1. The number of hydrogen-bond acceptors (Lipinski definition) is 6. The van der Waals surface area contributed by atoms with Gasteiger partial charge in [0.2, 0.25) is 0 Å². The third-order valence-electron chi connectivity index (χ3n) is 4.17. The van der Waals surface area contributed by atoms with Gasteiger partial charge in [-0.15, -0.1) is 0 Å². The number of rotatable bonds is 7. The average Bonchev–Trinajstić information content (AvgIpc) is 2.64. The summed E-state index contributed by atoms with van der Waals surface area (Å²) in [7, 11) is -3.65. The number of carboxylic acid groups (broad SMARTS) is 1. The fourth-order valence-corrected chi connectivity index (χ4v) is 4.31. The van der Waals surface area contributed by atoms with E-state index >= 15 is 0 Å². The van der Waals surface area contributed by atoms with Crippen LogP contribution in [0, 0.1) is 13.8 Å². The Morgan fingerprint density at radius 2 is 1.72 bits per heavy atom. The third-order valence-corrected chi connectivity index (χ3v) is 5.99. The molecule has 3 N–H and O–H groups in total. The number of carbonyl (C=O) groups is 2. The highest BCUT2D eigenvalue weighted by molar-refractivity contribution is 7.91. The van der Waals surface area contributed by atoms with E-state index in [1.165, 1.54) is 18.2 Å². The van der Waals surface area contributed by atoms with Crippen LogP contribution in [0.15, 0.2) is 35.2 Å². The van der Waals surface area contributed by atoms with Gasteiger partial charge in [-0.1, -0.05) is 13.3 Å². The zero-order valence-corrected chi connectivity index (χ0v) is 17.2. The van der Waals surface area contributed by atoms with Crippen LogP contribution < -0.4 is 10.1 Å². The maximum Gasteiger partial charge on any atom is 0.394 e. The minimum atomic E-state index is -3.65. The molecule has 29 heavy (non-hydrogen) atoms. The molecule has 1 amide bonds. The number of nitrogens with one attached hydrogen (secondary N) is 1. The van der Waals surface area contributed by atoms with E-state index < -0.39 is 21.7 Å². The Kier molecular flexibility index (Phi) is 6.86. The summed E-state index contributed by atoms with van der Waals surface area (Å²) >= 11 is 0. The van der Waals surface area contributed by atoms with Crippen molar-refractivity contribution in [2.75, 3.05) is 11.1 Å². The first-order valence-corrected chi connectivity index (χ1v) is 10.6. The number of aliphatic carboxylic acids is 1. The van der Waals surface area contributed by atoms with Crippen LogP contribution in [0.3, 0.4) is 0 Å². The molecule has 0 aliphatic rings. The summed E-state index contributed by atoms with van der Waals surface area (Å²) in [5.74, 6) is -2.50. The summed E-state index contributed by atoms with van der Waals surface area (Å²) in [5.41, 5.74) is 1.51. The van der Waals surface area contributed by atoms with Crippen LogP contribution in [0.4, 0.5) is 5.69 Å². The fraction of sp³-hybridized carbons (Fsp3) is 0.300. The van der Waals surface area contributed by atoms with Gasteiger partial charge in [-0.05, 0) is 55.7 Å². The topological polar surface area (TPSA) is 130 Å². The Labute approximate surface area is 169 Å². The second-order valence-electron chi connectivity index (χ2n) is 6.60. The molecule has 0 aliphatic heterocycles. The van der Waals surface area contributed by atoms with E-state index in [1.807, 2.05) is 6.92 Å². The number of phenols is 1. The summed E-state index contributed by atoms with van der Waals surface area (Å²) in [5, 5.41) is 20.9. The second kappa shape index (κ2) is 8.95. The third kappa shape index (κ3) is 5.47. The van der Waals surface area contributed by atoms with Crippen molar-refractivity contribution >= 4 is 27.4 Å². The number of ether oxygens (including phenoxy) is 1. The van der Waals surface area contributed by atoms with Crippen molar-refractivity contribution in [3.05, 3.63) is 41.5 Å². The van der Waals surface area contributed by atoms with Gasteiger partial charge in [0, 0.05) is 11.8 Å². The lowest BCUT2D eigenvalue weighted by Gasteiger charge is -2.15. The predicted octanol–water partition coefficient (Wildman–Crippen LogP) is 3.40. The quantitative estimate of drug-likeness (QED) is 0.584. The number of carboxylic acids is 1. The van der Waals surface area contributed by atoms with Crippen LogP contribution in [0.2, 0.25) is 0 Å². The number of amides is 1. The second-order valence-corrected chi connectivity index (χ2v) is 8.68. The summed E-state index contributed by atoms with van der Waals surface area (Å²) in [6.07, 6.45) is 1.19. The van der Waals surface area contributed by atoms with Crippen LogP contribution in [-0.2, 0) is 19.4 Å². The van der Waals surface area contributed by atoms with Crippen LogP contribution >= 0.6 is 0 Å². The largest absolute Gasteiger partial charge is 0.507 e. The number of carbonyl (C=O) groups excluding carboxylic acids is 1. The zero-order valence-electron chi connectivity index (χ0n) is 16.4. The van der Waals surface area contributed by atoms with Crippen molar-refractivity contribution in [1.29, 1.82) is 0 Å². The molecule has 0 atom stereocenters. The van der Waals surface area contributed by atoms with E-state index in [-0.39, 0.29) is 22.1 Å². The number of unbranched alkanes of at least 4 members (excludes halogenated alkanes) is 1. The highest BCUT2D eigenvalue weighted by atomic mass is 32.2. The molecule has 0 unspecified atom stereocenters. The summed E-state index contributed by atoms with van der Waals surface area (Å²) < 4.78 is 30.7. The van der Waals surface area contributed by atoms with Crippen molar-refractivity contribution in [2.24, 2.45) is 0 Å². The minimum Gasteiger partial charge on any atom is -0.507 e. The first kappa shape index (κ1) is 22.2. The van der Waals surface area contributed by atoms with Crippen molar-refractivity contribution in [2.45, 2.75) is 38.5 Å². The Bertz CT molecular complexity index is 1020. The molecular weight excluding hydrogens is 398 g/mol. The van der Waals surface area contributed by atoms with Crippen LogP contribution in [0.25, 0.3) is 0 Å². The first-order valence-electron chi connectivity index (χ1n) is 8.94. The molecule has 0 saturated heterocycles. The van der Waals surface area contributed by atoms with Gasteiger partial charge in [-0.3, -0.25) is 4.79 Å². The van der Waals surface area contributed by atoms with Crippen molar-refractivity contribution in [3.8, 4) is 17.2 Å². The lowest BCUT2D eigenvalue weighted by atomic mass is 10.1. The monoisotopic (exact) mass is 421 g/mol. The molecule has 0 aromatic heterocycles. The van der Waals surface area contributed by atoms with Gasteiger partial charge in [0.15, 0.2) is 9.84 Å². The number of aryl methyl sites for hydroxylation is 2. The van der Waals surface area contributed by atoms with Gasteiger partial charge in [0.25, 0.3) is 0 Å². The molecular formula is C20H23NO7S. The number of anilines is 1. The molecule has 9 heteroatoms. The van der Waals surface area contributed by atoms with Crippen LogP contribution in [0.5, 0.6) is 17.2 Å². The van der Waals surface area contributed by atoms with Crippen LogP contribution in [-0.4, -0.2) is 36.3 Å². The number of phenolic OH excluding ortho intramolecular Hbond substituents is 1. The van der Waals surface area contributed by atoms with Crippen molar-refractivity contribution in [3.63, 3.8) is 0 Å². The molecule has 0 saturated carbocycles. The van der Waals surface area contributed by atoms with Gasteiger partial charge >= 0.3 is 11.9 Å². The summed E-state index contributed by atoms with van der Waals surface area (Å²) in [6, 6.07) is 7.08. The molecule has 2 rings (SSSR count). The lowest BCUT2D eigenvalue weighted by molar-refractivity contribution is -0.147. The number of sulfone groups is 1. The van der Waals surface area contributed by atoms with Gasteiger partial charge in [-0.25, -0.2) is 13.2 Å². The number of hydrogen-bond donors (Lipinski definition) is 3.